The van der Waals surface area contributed by atoms with Crippen LogP contribution in [0.15, 0.2) is 41.8 Å². The summed E-state index contributed by atoms with van der Waals surface area (Å²) in [6.07, 6.45) is 0.185. The fourth-order valence-electron chi connectivity index (χ4n) is 1.90. The van der Waals surface area contributed by atoms with Gasteiger partial charge in [0.2, 0.25) is 10.0 Å². The summed E-state index contributed by atoms with van der Waals surface area (Å²) in [7, 11) is -2.12. The molecule has 104 valence electrons. The summed E-state index contributed by atoms with van der Waals surface area (Å²) in [5.41, 5.74) is 1.01. The van der Waals surface area contributed by atoms with E-state index in [-0.39, 0.29) is 11.4 Å². The number of nitrogens with zero attached hydrogens (tertiary/aromatic N) is 1. The minimum absolute atomic E-state index is 0.156. The minimum Gasteiger partial charge on any atom is -0.354 e. The number of sulfonamides is 1. The highest BCUT2D eigenvalue weighted by Crippen LogP contribution is 2.26. The number of ether oxygens (including phenoxy) is 2. The van der Waals surface area contributed by atoms with Crippen LogP contribution in [-0.4, -0.2) is 38.9 Å². The van der Waals surface area contributed by atoms with Crippen LogP contribution >= 0.6 is 0 Å². The van der Waals surface area contributed by atoms with Gasteiger partial charge < -0.3 is 9.47 Å². The van der Waals surface area contributed by atoms with Crippen LogP contribution in [0.25, 0.3) is 0 Å². The summed E-state index contributed by atoms with van der Waals surface area (Å²) in [5, 5.41) is 0. The molecule has 2 unspecified atom stereocenters. The second-order valence-electron chi connectivity index (χ2n) is 4.32. The van der Waals surface area contributed by atoms with E-state index in [1.165, 1.54) is 17.5 Å². The maximum Gasteiger partial charge on any atom is 0.245 e. The van der Waals surface area contributed by atoms with Crippen molar-refractivity contribution in [3.63, 3.8) is 0 Å². The average Bonchev–Trinajstić information content (AvgIpc) is 2.83. The van der Waals surface area contributed by atoms with Gasteiger partial charge in [0.25, 0.3) is 0 Å². The van der Waals surface area contributed by atoms with Crippen molar-refractivity contribution in [3.05, 3.63) is 42.5 Å². The fraction of sp³-hybridized carbons (Fsp3) is 0.385. The summed E-state index contributed by atoms with van der Waals surface area (Å²) in [6.45, 7) is 5.66. The number of hydrogen-bond acceptors (Lipinski definition) is 4. The van der Waals surface area contributed by atoms with Gasteiger partial charge in [0.1, 0.15) is 6.23 Å². The van der Waals surface area contributed by atoms with Gasteiger partial charge in [-0.3, -0.25) is 0 Å². The van der Waals surface area contributed by atoms with Crippen LogP contribution in [0, 0.1) is 6.92 Å². The number of methoxy groups -OCH3 is 1. The Bertz CT molecular complexity index is 553. The van der Waals surface area contributed by atoms with Gasteiger partial charge in [-0.05, 0) is 25.1 Å². The molecule has 0 spiro atoms. The fourth-order valence-corrected chi connectivity index (χ4v) is 3.38. The van der Waals surface area contributed by atoms with Crippen LogP contribution in [-0.2, 0) is 19.5 Å². The normalized spacial score (nSPS) is 24.5. The summed E-state index contributed by atoms with van der Waals surface area (Å²) in [4.78, 5) is 0.241. The zero-order valence-electron chi connectivity index (χ0n) is 10.9. The Morgan fingerprint density at radius 1 is 1.42 bits per heavy atom. The monoisotopic (exact) mass is 283 g/mol. The van der Waals surface area contributed by atoms with E-state index in [0.717, 1.165) is 5.56 Å². The number of aryl methyl sites for hydroxylation is 1. The Kier molecular flexibility index (Phi) is 4.05. The van der Waals surface area contributed by atoms with E-state index in [4.69, 9.17) is 9.47 Å². The zero-order chi connectivity index (χ0) is 14.0. The van der Waals surface area contributed by atoms with Gasteiger partial charge in [-0.15, -0.1) is 0 Å². The quantitative estimate of drug-likeness (QED) is 0.786. The molecule has 1 heterocycles. The topological polar surface area (TPSA) is 55.8 Å². The second kappa shape index (κ2) is 5.42. The largest absolute Gasteiger partial charge is 0.354 e. The molecule has 2 atom stereocenters. The molecule has 19 heavy (non-hydrogen) atoms. The second-order valence-corrected chi connectivity index (χ2v) is 6.21. The molecule has 1 aliphatic heterocycles. The van der Waals surface area contributed by atoms with Crippen LogP contribution in [0.4, 0.5) is 0 Å². The van der Waals surface area contributed by atoms with Crippen LogP contribution < -0.4 is 0 Å². The lowest BCUT2D eigenvalue weighted by molar-refractivity contribution is -0.100. The van der Waals surface area contributed by atoms with Gasteiger partial charge in [0.05, 0.1) is 11.4 Å². The highest BCUT2D eigenvalue weighted by molar-refractivity contribution is 7.89. The third-order valence-corrected chi connectivity index (χ3v) is 4.84. The van der Waals surface area contributed by atoms with Crippen molar-refractivity contribution < 1.29 is 17.9 Å². The van der Waals surface area contributed by atoms with Crippen molar-refractivity contribution in [2.24, 2.45) is 0 Å². The van der Waals surface area contributed by atoms with Crippen LogP contribution in [0.1, 0.15) is 5.56 Å². The molecule has 1 aromatic carbocycles. The summed E-state index contributed by atoms with van der Waals surface area (Å²) >= 11 is 0. The SMILES string of the molecule is C=CC1OC(OC)CN1S(=O)(=O)c1ccc(C)cc1. The predicted octanol–water partition coefficient (Wildman–Crippen LogP) is 1.50. The molecule has 1 fully saturated rings. The molecular formula is C13H17NO4S. The van der Waals surface area contributed by atoms with Gasteiger partial charge >= 0.3 is 0 Å². The van der Waals surface area contributed by atoms with Crippen LogP contribution in [0.2, 0.25) is 0 Å². The number of benzene rings is 1. The molecule has 0 saturated carbocycles. The van der Waals surface area contributed by atoms with E-state index in [2.05, 4.69) is 6.58 Å². The van der Waals surface area contributed by atoms with Gasteiger partial charge in [0, 0.05) is 7.11 Å². The maximum atomic E-state index is 12.5. The average molecular weight is 283 g/mol. The Morgan fingerprint density at radius 3 is 2.58 bits per heavy atom. The lowest BCUT2D eigenvalue weighted by Gasteiger charge is -2.19. The van der Waals surface area contributed by atoms with E-state index in [9.17, 15) is 8.42 Å². The first kappa shape index (κ1) is 14.2. The van der Waals surface area contributed by atoms with Crippen LogP contribution in [0.5, 0.6) is 0 Å². The molecule has 1 saturated heterocycles. The molecule has 1 aromatic rings. The number of hydrogen-bond donors (Lipinski definition) is 0. The Balaban J connectivity index is 2.33. The molecule has 0 aliphatic carbocycles. The van der Waals surface area contributed by atoms with Crippen molar-refractivity contribution in [1.29, 1.82) is 0 Å². The van der Waals surface area contributed by atoms with E-state index < -0.39 is 22.5 Å². The highest BCUT2D eigenvalue weighted by atomic mass is 32.2. The van der Waals surface area contributed by atoms with Gasteiger partial charge in [-0.2, -0.15) is 4.31 Å². The minimum atomic E-state index is -3.60. The predicted molar refractivity (Wildman–Crippen MR) is 70.9 cm³/mol. The first-order valence-electron chi connectivity index (χ1n) is 5.88. The van der Waals surface area contributed by atoms with Crippen molar-refractivity contribution in [1.82, 2.24) is 4.31 Å². The highest BCUT2D eigenvalue weighted by Gasteiger charge is 2.39. The lowest BCUT2D eigenvalue weighted by atomic mass is 10.2. The Labute approximate surface area is 113 Å². The molecule has 0 amide bonds. The van der Waals surface area contributed by atoms with Crippen LogP contribution in [0.3, 0.4) is 0 Å². The third kappa shape index (κ3) is 2.71. The van der Waals surface area contributed by atoms with Crippen molar-refractivity contribution >= 4 is 10.0 Å². The summed E-state index contributed by atoms with van der Waals surface area (Å²) < 4.78 is 36.7. The molecule has 0 N–H and O–H groups in total. The first-order valence-corrected chi connectivity index (χ1v) is 7.32. The molecule has 1 aliphatic rings. The van der Waals surface area contributed by atoms with Gasteiger partial charge in [-0.1, -0.05) is 24.3 Å². The molecule has 0 aromatic heterocycles. The summed E-state index contributed by atoms with van der Waals surface area (Å²) in [5.74, 6) is 0. The lowest BCUT2D eigenvalue weighted by Crippen LogP contribution is -2.35. The maximum absolute atomic E-state index is 12.5. The first-order chi connectivity index (χ1) is 8.98. The van der Waals surface area contributed by atoms with E-state index in [0.29, 0.717) is 0 Å². The molecule has 5 nitrogen and oxygen atoms in total. The molecule has 2 rings (SSSR count). The molecular weight excluding hydrogens is 266 g/mol. The summed E-state index contributed by atoms with van der Waals surface area (Å²) in [6, 6.07) is 6.71. The standard InChI is InChI=1S/C13H17NO4S/c1-4-12-14(9-13(17-3)18-12)19(15,16)11-7-5-10(2)6-8-11/h4-8,12-13H,1,9H2,2-3H3. The van der Waals surface area contributed by atoms with Crippen molar-refractivity contribution in [2.45, 2.75) is 24.3 Å². The molecule has 0 bridgehead atoms. The smallest absolute Gasteiger partial charge is 0.245 e. The van der Waals surface area contributed by atoms with E-state index in [1.54, 1.807) is 24.3 Å². The zero-order valence-corrected chi connectivity index (χ0v) is 11.8. The Morgan fingerprint density at radius 2 is 2.05 bits per heavy atom. The Hall–Kier alpha value is -1.21. The van der Waals surface area contributed by atoms with Gasteiger partial charge in [0.15, 0.2) is 6.29 Å². The molecule has 6 heteroatoms. The number of rotatable bonds is 4. The molecule has 0 radical (unpaired) electrons. The van der Waals surface area contributed by atoms with Crippen molar-refractivity contribution in [3.8, 4) is 0 Å². The van der Waals surface area contributed by atoms with E-state index >= 15 is 0 Å². The van der Waals surface area contributed by atoms with Crippen molar-refractivity contribution in [2.75, 3.05) is 13.7 Å². The third-order valence-electron chi connectivity index (χ3n) is 3.00. The van der Waals surface area contributed by atoms with E-state index in [1.807, 2.05) is 6.92 Å². The van der Waals surface area contributed by atoms with Gasteiger partial charge in [-0.25, -0.2) is 8.42 Å².